The maximum atomic E-state index is 13.0. The number of alkyl halides is 2. The minimum absolute atomic E-state index is 0.0307. The van der Waals surface area contributed by atoms with Crippen LogP contribution in [-0.4, -0.2) is 21.0 Å². The van der Waals surface area contributed by atoms with Crippen molar-refractivity contribution in [1.82, 2.24) is 4.98 Å². The number of pyridine rings is 1. The molecule has 10 heteroatoms. The van der Waals surface area contributed by atoms with Crippen molar-refractivity contribution in [2.24, 2.45) is 5.92 Å². The van der Waals surface area contributed by atoms with Gasteiger partial charge in [0.15, 0.2) is 5.78 Å². The largest absolute Gasteiger partial charge is 0.326 e. The van der Waals surface area contributed by atoms with E-state index in [9.17, 15) is 14.0 Å². The third-order valence-electron chi connectivity index (χ3n) is 5.27. The lowest BCUT2D eigenvalue weighted by Gasteiger charge is -2.09. The van der Waals surface area contributed by atoms with Crippen LogP contribution in [0.5, 0.6) is 0 Å². The molecule has 1 heterocycles. The zero-order valence-electron chi connectivity index (χ0n) is 16.6. The van der Waals surface area contributed by atoms with Crippen molar-refractivity contribution >= 4 is 75.4 Å². The second-order valence-corrected chi connectivity index (χ2v) is 10.3. The average molecular weight is 547 g/mol. The minimum atomic E-state index is -1.33. The number of ketones is 1. The highest BCUT2D eigenvalue weighted by molar-refractivity contribution is 6.53. The molecule has 2 unspecified atom stereocenters. The molecule has 4 rings (SSSR count). The molecule has 1 fully saturated rings. The Kier molecular flexibility index (Phi) is 6.90. The van der Waals surface area contributed by atoms with Crippen LogP contribution in [-0.2, 0) is 11.2 Å². The molecule has 0 bridgehead atoms. The monoisotopic (exact) mass is 544 g/mol. The Balaban J connectivity index is 1.50. The number of amides is 1. The van der Waals surface area contributed by atoms with Crippen molar-refractivity contribution in [3.05, 3.63) is 92.4 Å². The van der Waals surface area contributed by atoms with E-state index in [0.29, 0.717) is 26.9 Å². The van der Waals surface area contributed by atoms with Gasteiger partial charge in [-0.05, 0) is 53.6 Å². The molecule has 0 radical (unpaired) electrons. The summed E-state index contributed by atoms with van der Waals surface area (Å²) in [6, 6.07) is 12.1. The molecule has 1 saturated carbocycles. The number of carbonyl (C=O) groups is 2. The van der Waals surface area contributed by atoms with Crippen LogP contribution in [0, 0.1) is 11.9 Å². The zero-order chi connectivity index (χ0) is 23.9. The number of aromatic nitrogens is 1. The van der Waals surface area contributed by atoms with Crippen LogP contribution < -0.4 is 5.32 Å². The number of anilines is 1. The molecule has 0 saturated heterocycles. The zero-order valence-corrected chi connectivity index (χ0v) is 20.4. The molecule has 170 valence electrons. The molecule has 0 spiro atoms. The van der Waals surface area contributed by atoms with Gasteiger partial charge in [0.05, 0.1) is 10.9 Å². The van der Waals surface area contributed by atoms with Crippen molar-refractivity contribution < 1.29 is 14.0 Å². The molecule has 1 aliphatic carbocycles. The third kappa shape index (κ3) is 5.28. The number of halogens is 6. The first-order chi connectivity index (χ1) is 15.6. The van der Waals surface area contributed by atoms with E-state index in [0.717, 1.165) is 0 Å². The second-order valence-electron chi connectivity index (χ2n) is 7.61. The molecule has 2 atom stereocenters. The average Bonchev–Trinajstić information content (AvgIpc) is 3.32. The summed E-state index contributed by atoms with van der Waals surface area (Å²) in [6.07, 6.45) is 1.25. The van der Waals surface area contributed by atoms with Gasteiger partial charge in [0.2, 0.25) is 11.9 Å². The van der Waals surface area contributed by atoms with Crippen LogP contribution in [0.3, 0.4) is 0 Å². The van der Waals surface area contributed by atoms with Gasteiger partial charge in [-0.3, -0.25) is 9.59 Å². The highest BCUT2D eigenvalue weighted by Gasteiger charge is 2.67. The van der Waals surface area contributed by atoms with Gasteiger partial charge in [0.25, 0.3) is 0 Å². The maximum Gasteiger partial charge on any atom is 0.231 e. The highest BCUT2D eigenvalue weighted by atomic mass is 35.5. The summed E-state index contributed by atoms with van der Waals surface area (Å²) < 4.78 is 11.7. The predicted molar refractivity (Wildman–Crippen MR) is 129 cm³/mol. The molecule has 1 aromatic heterocycles. The summed E-state index contributed by atoms with van der Waals surface area (Å²) in [5.41, 5.74) is 1.74. The van der Waals surface area contributed by atoms with Gasteiger partial charge < -0.3 is 5.32 Å². The normalized spacial score (nSPS) is 18.6. The number of carbonyl (C=O) groups excluding carboxylic acids is 2. The Bertz CT molecular complexity index is 1230. The van der Waals surface area contributed by atoms with Crippen LogP contribution >= 0.6 is 58.0 Å². The number of rotatable bonds is 6. The van der Waals surface area contributed by atoms with Crippen LogP contribution in [0.2, 0.25) is 15.1 Å². The number of nitrogens with zero attached hydrogens (tertiary/aromatic N) is 1. The highest BCUT2D eigenvalue weighted by Crippen LogP contribution is 2.65. The molecule has 1 N–H and O–H groups in total. The Morgan fingerprint density at radius 3 is 2.33 bits per heavy atom. The molecule has 4 nitrogen and oxygen atoms in total. The van der Waals surface area contributed by atoms with Crippen LogP contribution in [0.25, 0.3) is 0 Å². The summed E-state index contributed by atoms with van der Waals surface area (Å²) in [4.78, 5) is 29.2. The van der Waals surface area contributed by atoms with Crippen molar-refractivity contribution in [2.75, 3.05) is 5.32 Å². The summed E-state index contributed by atoms with van der Waals surface area (Å²) in [5.74, 6) is -2.63. The minimum Gasteiger partial charge on any atom is -0.326 e. The first-order valence-corrected chi connectivity index (χ1v) is 11.5. The van der Waals surface area contributed by atoms with Crippen molar-refractivity contribution in [2.45, 2.75) is 16.7 Å². The van der Waals surface area contributed by atoms with E-state index in [1.165, 1.54) is 30.5 Å². The van der Waals surface area contributed by atoms with E-state index in [2.05, 4.69) is 10.3 Å². The summed E-state index contributed by atoms with van der Waals surface area (Å²) in [7, 11) is 0. The smallest absolute Gasteiger partial charge is 0.231 e. The SMILES string of the molecule is O=C(Cc1ccc(F)nc1)c1cc(NC(=O)C2C(c3cc(Cl)cc(Cl)c3)C2(Cl)Cl)ccc1Cl. The molecule has 1 aliphatic rings. The quantitative estimate of drug-likeness (QED) is 0.203. The van der Waals surface area contributed by atoms with Crippen LogP contribution in [0.15, 0.2) is 54.7 Å². The molecule has 2 aromatic carbocycles. The van der Waals surface area contributed by atoms with E-state index in [4.69, 9.17) is 58.0 Å². The van der Waals surface area contributed by atoms with E-state index in [-0.39, 0.29) is 22.8 Å². The molecule has 0 aliphatic heterocycles. The lowest BCUT2D eigenvalue weighted by molar-refractivity contribution is -0.117. The third-order valence-corrected chi connectivity index (χ3v) is 6.97. The molecule has 1 amide bonds. The number of benzene rings is 2. The lowest BCUT2D eigenvalue weighted by Crippen LogP contribution is -2.17. The van der Waals surface area contributed by atoms with Gasteiger partial charge in [0, 0.05) is 39.8 Å². The summed E-state index contributed by atoms with van der Waals surface area (Å²) in [5, 5.41) is 3.77. The molecule has 3 aromatic rings. The summed E-state index contributed by atoms with van der Waals surface area (Å²) in [6.45, 7) is 0. The van der Waals surface area contributed by atoms with Gasteiger partial charge >= 0.3 is 0 Å². The van der Waals surface area contributed by atoms with Crippen LogP contribution in [0.1, 0.15) is 27.4 Å². The van der Waals surface area contributed by atoms with E-state index in [1.54, 1.807) is 24.3 Å². The fourth-order valence-electron chi connectivity index (χ4n) is 3.65. The first kappa shape index (κ1) is 24.2. The molecular weight excluding hydrogens is 533 g/mol. The Morgan fingerprint density at radius 2 is 1.70 bits per heavy atom. The fraction of sp³-hybridized carbons (Fsp3) is 0.174. The Morgan fingerprint density at radius 1 is 1.00 bits per heavy atom. The van der Waals surface area contributed by atoms with Crippen molar-refractivity contribution in [3.8, 4) is 0 Å². The molecule has 33 heavy (non-hydrogen) atoms. The van der Waals surface area contributed by atoms with E-state index >= 15 is 0 Å². The van der Waals surface area contributed by atoms with Gasteiger partial charge in [-0.15, -0.1) is 23.2 Å². The standard InChI is InChI=1S/C23H14Cl5FN2O2/c24-13-6-12(7-14(25)8-13)20-21(23(20,27)28)22(33)31-15-2-3-17(26)16(9-15)18(32)5-11-1-4-19(29)30-10-11/h1-4,6-10,20-21H,5H2,(H,31,33). The Hall–Kier alpha value is -1.89. The lowest BCUT2D eigenvalue weighted by atomic mass is 10.0. The van der Waals surface area contributed by atoms with Crippen molar-refractivity contribution in [1.29, 1.82) is 0 Å². The second kappa shape index (κ2) is 9.40. The fourth-order valence-corrected chi connectivity index (χ4v) is 5.24. The number of hydrogen-bond acceptors (Lipinski definition) is 3. The number of hydrogen-bond donors (Lipinski definition) is 1. The van der Waals surface area contributed by atoms with Gasteiger partial charge in [0.1, 0.15) is 4.33 Å². The number of Topliss-reactive ketones (excluding diaryl/α,β-unsaturated/α-hetero) is 1. The predicted octanol–water partition coefficient (Wildman–Crippen LogP) is 7.13. The Labute approximate surface area is 214 Å². The van der Waals surface area contributed by atoms with Crippen LogP contribution in [0.4, 0.5) is 10.1 Å². The summed E-state index contributed by atoms with van der Waals surface area (Å²) >= 11 is 31.1. The van der Waals surface area contributed by atoms with Crippen molar-refractivity contribution in [3.63, 3.8) is 0 Å². The topological polar surface area (TPSA) is 59.1 Å². The first-order valence-electron chi connectivity index (χ1n) is 9.64. The van der Waals surface area contributed by atoms with E-state index < -0.39 is 28.0 Å². The van der Waals surface area contributed by atoms with Gasteiger partial charge in [-0.25, -0.2) is 4.98 Å². The van der Waals surface area contributed by atoms with E-state index in [1.807, 2.05) is 0 Å². The van der Waals surface area contributed by atoms with Gasteiger partial charge in [-0.1, -0.05) is 40.9 Å². The number of nitrogens with one attached hydrogen (secondary N) is 1. The van der Waals surface area contributed by atoms with Gasteiger partial charge in [-0.2, -0.15) is 4.39 Å². The maximum absolute atomic E-state index is 13.0. The molecular formula is C23H14Cl5FN2O2.